The van der Waals surface area contributed by atoms with Gasteiger partial charge in [-0.1, -0.05) is 13.8 Å². The quantitative estimate of drug-likeness (QED) is 0.921. The molecule has 0 fully saturated rings. The largest absolute Gasteiger partial charge is 0.360 e. The summed E-state index contributed by atoms with van der Waals surface area (Å²) < 4.78 is 0. The van der Waals surface area contributed by atoms with Crippen LogP contribution < -0.4 is 5.32 Å². The SMILES string of the molecule is Cc1cnc(C)c(NC(C)c2csc(C(C)C)n2)n1. The second-order valence-corrected chi connectivity index (χ2v) is 5.97. The maximum Gasteiger partial charge on any atom is 0.148 e. The molecule has 1 N–H and O–H groups in total. The first-order valence-corrected chi connectivity index (χ1v) is 7.37. The van der Waals surface area contributed by atoms with Crippen LogP contribution in [0, 0.1) is 13.8 Å². The van der Waals surface area contributed by atoms with E-state index in [0.717, 1.165) is 22.9 Å². The smallest absolute Gasteiger partial charge is 0.148 e. The number of aromatic nitrogens is 3. The average Bonchev–Trinajstić information content (AvgIpc) is 2.83. The second kappa shape index (κ2) is 5.65. The molecule has 0 spiro atoms. The van der Waals surface area contributed by atoms with E-state index >= 15 is 0 Å². The summed E-state index contributed by atoms with van der Waals surface area (Å²) in [4.78, 5) is 13.5. The van der Waals surface area contributed by atoms with E-state index in [4.69, 9.17) is 0 Å². The minimum Gasteiger partial charge on any atom is -0.360 e. The molecule has 102 valence electrons. The third-order valence-electron chi connectivity index (χ3n) is 2.91. The van der Waals surface area contributed by atoms with Crippen LogP contribution in [0.3, 0.4) is 0 Å². The van der Waals surface area contributed by atoms with E-state index in [0.29, 0.717) is 5.92 Å². The lowest BCUT2D eigenvalue weighted by molar-refractivity contribution is 0.795. The maximum atomic E-state index is 4.67. The molecule has 0 aliphatic heterocycles. The van der Waals surface area contributed by atoms with Crippen LogP contribution in [-0.4, -0.2) is 15.0 Å². The number of thiazole rings is 1. The summed E-state index contributed by atoms with van der Waals surface area (Å²) in [5.74, 6) is 1.32. The summed E-state index contributed by atoms with van der Waals surface area (Å²) in [6.45, 7) is 10.3. The van der Waals surface area contributed by atoms with Crippen molar-refractivity contribution in [3.63, 3.8) is 0 Å². The minimum absolute atomic E-state index is 0.138. The van der Waals surface area contributed by atoms with Gasteiger partial charge in [0.2, 0.25) is 0 Å². The Morgan fingerprint density at radius 2 is 1.89 bits per heavy atom. The van der Waals surface area contributed by atoms with E-state index in [-0.39, 0.29) is 6.04 Å². The summed E-state index contributed by atoms with van der Waals surface area (Å²) in [5.41, 5.74) is 2.90. The molecule has 0 aromatic carbocycles. The Kier molecular flexibility index (Phi) is 4.14. The third-order valence-corrected chi connectivity index (χ3v) is 4.07. The molecule has 1 atom stereocenters. The first-order valence-electron chi connectivity index (χ1n) is 6.49. The highest BCUT2D eigenvalue weighted by atomic mass is 32.1. The molecule has 0 bridgehead atoms. The van der Waals surface area contributed by atoms with Crippen molar-refractivity contribution in [2.45, 2.75) is 46.6 Å². The first-order chi connectivity index (χ1) is 8.97. The number of aryl methyl sites for hydroxylation is 2. The lowest BCUT2D eigenvalue weighted by Gasteiger charge is -2.14. The van der Waals surface area contributed by atoms with E-state index in [1.807, 2.05) is 13.8 Å². The van der Waals surface area contributed by atoms with Gasteiger partial charge in [-0.25, -0.2) is 9.97 Å². The molecule has 0 radical (unpaired) electrons. The monoisotopic (exact) mass is 276 g/mol. The fourth-order valence-electron chi connectivity index (χ4n) is 1.72. The van der Waals surface area contributed by atoms with Crippen molar-refractivity contribution in [3.05, 3.63) is 33.7 Å². The molecule has 5 heteroatoms. The van der Waals surface area contributed by atoms with E-state index < -0.39 is 0 Å². The molecule has 0 aliphatic carbocycles. The third kappa shape index (κ3) is 3.29. The Balaban J connectivity index is 2.15. The number of nitrogens with one attached hydrogen (secondary N) is 1. The van der Waals surface area contributed by atoms with Crippen LogP contribution in [-0.2, 0) is 0 Å². The standard InChI is InChI=1S/C14H20N4S/c1-8(2)14-18-12(7-19-14)10(4)17-13-11(5)15-6-9(3)16-13/h6-8,10H,1-5H3,(H,16,17). The van der Waals surface area contributed by atoms with Crippen LogP contribution in [0.15, 0.2) is 11.6 Å². The normalized spacial score (nSPS) is 12.7. The van der Waals surface area contributed by atoms with Crippen LogP contribution >= 0.6 is 11.3 Å². The van der Waals surface area contributed by atoms with E-state index in [2.05, 4.69) is 46.4 Å². The van der Waals surface area contributed by atoms with Gasteiger partial charge in [0.15, 0.2) is 0 Å². The molecule has 19 heavy (non-hydrogen) atoms. The first kappa shape index (κ1) is 13.9. The fraction of sp³-hybridized carbons (Fsp3) is 0.500. The zero-order valence-electron chi connectivity index (χ0n) is 12.1. The zero-order valence-corrected chi connectivity index (χ0v) is 12.9. The van der Waals surface area contributed by atoms with Gasteiger partial charge in [-0.05, 0) is 20.8 Å². The van der Waals surface area contributed by atoms with E-state index in [9.17, 15) is 0 Å². The van der Waals surface area contributed by atoms with Crippen molar-refractivity contribution >= 4 is 17.2 Å². The molecule has 2 aromatic rings. The number of hydrogen-bond acceptors (Lipinski definition) is 5. The Morgan fingerprint density at radius 3 is 2.53 bits per heavy atom. The molecule has 2 aromatic heterocycles. The molecular weight excluding hydrogens is 256 g/mol. The van der Waals surface area contributed by atoms with E-state index in [1.165, 1.54) is 5.01 Å². The Bertz CT molecular complexity index is 562. The molecule has 2 rings (SSSR count). The predicted octanol–water partition coefficient (Wildman–Crippen LogP) is 3.85. The van der Waals surface area contributed by atoms with E-state index in [1.54, 1.807) is 17.5 Å². The van der Waals surface area contributed by atoms with Gasteiger partial charge >= 0.3 is 0 Å². The lowest BCUT2D eigenvalue weighted by atomic mass is 10.2. The van der Waals surface area contributed by atoms with Gasteiger partial charge in [-0.3, -0.25) is 4.98 Å². The van der Waals surface area contributed by atoms with Crippen LogP contribution in [0.2, 0.25) is 0 Å². The zero-order chi connectivity index (χ0) is 14.0. The predicted molar refractivity (Wildman–Crippen MR) is 79.7 cm³/mol. The lowest BCUT2D eigenvalue weighted by Crippen LogP contribution is -2.11. The number of rotatable bonds is 4. The topological polar surface area (TPSA) is 50.7 Å². The highest BCUT2D eigenvalue weighted by Crippen LogP contribution is 2.25. The summed E-state index contributed by atoms with van der Waals surface area (Å²) in [7, 11) is 0. The van der Waals surface area contributed by atoms with Crippen molar-refractivity contribution in [1.29, 1.82) is 0 Å². The second-order valence-electron chi connectivity index (χ2n) is 5.08. The Hall–Kier alpha value is -1.49. The average molecular weight is 276 g/mol. The molecular formula is C14H20N4S. The number of hydrogen-bond donors (Lipinski definition) is 1. The maximum absolute atomic E-state index is 4.67. The molecule has 4 nitrogen and oxygen atoms in total. The Labute approximate surface area is 118 Å². The summed E-state index contributed by atoms with van der Waals surface area (Å²) in [6.07, 6.45) is 1.78. The minimum atomic E-state index is 0.138. The van der Waals surface area contributed by atoms with Crippen LogP contribution in [0.25, 0.3) is 0 Å². The van der Waals surface area contributed by atoms with Crippen molar-refractivity contribution in [2.24, 2.45) is 0 Å². The van der Waals surface area contributed by atoms with Crippen molar-refractivity contribution < 1.29 is 0 Å². The Morgan fingerprint density at radius 1 is 1.16 bits per heavy atom. The summed E-state index contributed by atoms with van der Waals surface area (Å²) >= 11 is 1.72. The summed E-state index contributed by atoms with van der Waals surface area (Å²) in [6, 6.07) is 0.138. The van der Waals surface area contributed by atoms with Gasteiger partial charge < -0.3 is 5.32 Å². The number of nitrogens with zero attached hydrogens (tertiary/aromatic N) is 3. The van der Waals surface area contributed by atoms with Gasteiger partial charge in [0.1, 0.15) is 5.82 Å². The van der Waals surface area contributed by atoms with Gasteiger partial charge in [0.05, 0.1) is 28.1 Å². The molecule has 1 unspecified atom stereocenters. The summed E-state index contributed by atoms with van der Waals surface area (Å²) in [5, 5.41) is 6.68. The van der Waals surface area contributed by atoms with Crippen molar-refractivity contribution in [2.75, 3.05) is 5.32 Å². The molecule has 0 saturated heterocycles. The molecule has 0 amide bonds. The fourth-order valence-corrected chi connectivity index (χ4v) is 2.65. The van der Waals surface area contributed by atoms with Gasteiger partial charge in [-0.15, -0.1) is 11.3 Å². The van der Waals surface area contributed by atoms with Crippen LogP contribution in [0.5, 0.6) is 0 Å². The van der Waals surface area contributed by atoms with Gasteiger partial charge in [-0.2, -0.15) is 0 Å². The van der Waals surface area contributed by atoms with Crippen LogP contribution in [0.4, 0.5) is 5.82 Å². The molecule has 0 aliphatic rings. The van der Waals surface area contributed by atoms with Crippen molar-refractivity contribution in [1.82, 2.24) is 15.0 Å². The number of anilines is 1. The highest BCUT2D eigenvalue weighted by Gasteiger charge is 2.13. The van der Waals surface area contributed by atoms with Gasteiger partial charge in [0.25, 0.3) is 0 Å². The highest BCUT2D eigenvalue weighted by molar-refractivity contribution is 7.09. The molecule has 2 heterocycles. The van der Waals surface area contributed by atoms with Crippen molar-refractivity contribution in [3.8, 4) is 0 Å². The van der Waals surface area contributed by atoms with Crippen LogP contribution in [0.1, 0.15) is 54.8 Å². The molecule has 0 saturated carbocycles. The van der Waals surface area contributed by atoms with Gasteiger partial charge in [0, 0.05) is 17.5 Å².